The third-order valence-electron chi connectivity index (χ3n) is 0.667. The number of aliphatic imine (C=N–C) groups is 1. The minimum Gasteiger partial charge on any atom is -0.270 e. The van der Waals surface area contributed by atoms with Crippen molar-refractivity contribution in [2.45, 2.75) is 34.6 Å². The lowest BCUT2D eigenvalue weighted by Gasteiger charge is -1.78. The Morgan fingerprint density at radius 1 is 1.27 bits per heavy atom. The molecule has 0 N–H and O–H groups in total. The molecule has 0 unspecified atom stereocenters. The SMILES string of the molecule is C=CC.C=N/C(C)=C\C.CC. The molecule has 0 spiro atoms. The molecule has 0 radical (unpaired) electrons. The molecule has 0 aromatic carbocycles. The van der Waals surface area contributed by atoms with E-state index in [1.165, 1.54) is 0 Å². The second kappa shape index (κ2) is 22.9. The summed E-state index contributed by atoms with van der Waals surface area (Å²) in [5, 5.41) is 0. The third kappa shape index (κ3) is 47.1. The quantitative estimate of drug-likeness (QED) is 0.403. The van der Waals surface area contributed by atoms with Gasteiger partial charge in [0.05, 0.1) is 0 Å². The highest BCUT2D eigenvalue weighted by Gasteiger charge is 1.67. The molecule has 1 nitrogen and oxygen atoms in total. The number of hydrogen-bond donors (Lipinski definition) is 0. The summed E-state index contributed by atoms with van der Waals surface area (Å²) < 4.78 is 0. The zero-order valence-electron chi connectivity index (χ0n) is 8.52. The van der Waals surface area contributed by atoms with E-state index in [1.54, 1.807) is 6.08 Å². The Hall–Kier alpha value is -0.850. The van der Waals surface area contributed by atoms with Crippen LogP contribution in [-0.4, -0.2) is 6.72 Å². The van der Waals surface area contributed by atoms with Gasteiger partial charge in [-0.3, -0.25) is 4.99 Å². The van der Waals surface area contributed by atoms with Crippen molar-refractivity contribution >= 4 is 6.72 Å². The average Bonchev–Trinajstić information content (AvgIpc) is 2.08. The molecule has 0 aromatic rings. The minimum atomic E-state index is 0.981. The standard InChI is InChI=1S/C5H9N.C3H6.C2H6/c1-4-5(2)6-3;1-3-2;1-2/h4H,3H2,1-2H3;3H,1H2,2H3;1-2H3/b5-4-;;. The zero-order valence-corrected chi connectivity index (χ0v) is 8.52. The summed E-state index contributed by atoms with van der Waals surface area (Å²) in [4.78, 5) is 3.62. The lowest BCUT2D eigenvalue weighted by Crippen LogP contribution is -1.58. The molecule has 66 valence electrons. The smallest absolute Gasteiger partial charge is 0.0322 e. The van der Waals surface area contributed by atoms with Crippen LogP contribution in [0.15, 0.2) is 29.4 Å². The van der Waals surface area contributed by atoms with Crippen molar-refractivity contribution in [1.29, 1.82) is 0 Å². The molecule has 0 saturated carbocycles. The van der Waals surface area contributed by atoms with Gasteiger partial charge in [-0.05, 0) is 27.5 Å². The van der Waals surface area contributed by atoms with Gasteiger partial charge in [0.2, 0.25) is 0 Å². The van der Waals surface area contributed by atoms with E-state index in [9.17, 15) is 0 Å². The van der Waals surface area contributed by atoms with Gasteiger partial charge in [-0.15, -0.1) is 6.58 Å². The highest BCUT2D eigenvalue weighted by Crippen LogP contribution is 1.87. The Morgan fingerprint density at radius 3 is 1.55 bits per heavy atom. The van der Waals surface area contributed by atoms with Crippen LogP contribution in [0.3, 0.4) is 0 Å². The molecular formula is C10H21N. The van der Waals surface area contributed by atoms with Crippen LogP contribution in [0.2, 0.25) is 0 Å². The topological polar surface area (TPSA) is 12.4 Å². The van der Waals surface area contributed by atoms with Crippen LogP contribution in [-0.2, 0) is 0 Å². The Labute approximate surface area is 71.6 Å². The summed E-state index contributed by atoms with van der Waals surface area (Å²) in [6.07, 6.45) is 3.66. The van der Waals surface area contributed by atoms with Gasteiger partial charge in [0.15, 0.2) is 0 Å². The molecule has 0 atom stereocenters. The van der Waals surface area contributed by atoms with E-state index in [0.29, 0.717) is 0 Å². The van der Waals surface area contributed by atoms with Crippen molar-refractivity contribution in [2.24, 2.45) is 4.99 Å². The molecule has 0 heterocycles. The second-order valence-electron chi connectivity index (χ2n) is 1.50. The molecule has 0 fully saturated rings. The van der Waals surface area contributed by atoms with Crippen LogP contribution < -0.4 is 0 Å². The van der Waals surface area contributed by atoms with Crippen molar-refractivity contribution in [1.82, 2.24) is 0 Å². The molecule has 0 aromatic heterocycles. The van der Waals surface area contributed by atoms with Gasteiger partial charge in [0.25, 0.3) is 0 Å². The van der Waals surface area contributed by atoms with Crippen LogP contribution in [0, 0.1) is 0 Å². The molecule has 1 heteroatoms. The first-order chi connectivity index (χ1) is 5.22. The fourth-order valence-corrected chi connectivity index (χ4v) is 0.0913. The Morgan fingerprint density at radius 2 is 1.55 bits per heavy atom. The van der Waals surface area contributed by atoms with Crippen LogP contribution in [0.1, 0.15) is 34.6 Å². The number of hydrogen-bond acceptors (Lipinski definition) is 1. The van der Waals surface area contributed by atoms with Gasteiger partial charge in [-0.2, -0.15) is 0 Å². The monoisotopic (exact) mass is 155 g/mol. The maximum Gasteiger partial charge on any atom is 0.0322 e. The maximum atomic E-state index is 3.62. The molecule has 0 rings (SSSR count). The van der Waals surface area contributed by atoms with Gasteiger partial charge in [-0.25, -0.2) is 0 Å². The summed E-state index contributed by atoms with van der Waals surface area (Å²) in [5.41, 5.74) is 0.981. The Kier molecular flexibility index (Phi) is 34.6. The number of nitrogens with zero attached hydrogens (tertiary/aromatic N) is 1. The first-order valence-corrected chi connectivity index (χ1v) is 3.89. The first-order valence-electron chi connectivity index (χ1n) is 3.89. The molecule has 0 aliphatic heterocycles. The van der Waals surface area contributed by atoms with Gasteiger partial charge >= 0.3 is 0 Å². The van der Waals surface area contributed by atoms with Gasteiger partial charge < -0.3 is 0 Å². The van der Waals surface area contributed by atoms with E-state index in [1.807, 2.05) is 40.7 Å². The molecule has 11 heavy (non-hydrogen) atoms. The maximum absolute atomic E-state index is 3.62. The summed E-state index contributed by atoms with van der Waals surface area (Å²) in [6.45, 7) is 16.4. The Bertz CT molecular complexity index is 101. The number of rotatable bonds is 1. The second-order valence-corrected chi connectivity index (χ2v) is 1.50. The third-order valence-corrected chi connectivity index (χ3v) is 0.667. The summed E-state index contributed by atoms with van der Waals surface area (Å²) in [5.74, 6) is 0. The van der Waals surface area contributed by atoms with E-state index in [-0.39, 0.29) is 0 Å². The van der Waals surface area contributed by atoms with E-state index >= 15 is 0 Å². The minimum absolute atomic E-state index is 0.981. The summed E-state index contributed by atoms with van der Waals surface area (Å²) in [7, 11) is 0. The number of allylic oxidation sites excluding steroid dienone is 3. The van der Waals surface area contributed by atoms with Crippen LogP contribution in [0.5, 0.6) is 0 Å². The van der Waals surface area contributed by atoms with Crippen molar-refractivity contribution in [3.63, 3.8) is 0 Å². The fraction of sp³-hybridized carbons (Fsp3) is 0.500. The molecule has 0 saturated heterocycles. The van der Waals surface area contributed by atoms with E-state index in [0.717, 1.165) is 5.70 Å². The van der Waals surface area contributed by atoms with Crippen molar-refractivity contribution in [3.05, 3.63) is 24.4 Å². The van der Waals surface area contributed by atoms with Crippen LogP contribution in [0.4, 0.5) is 0 Å². The largest absolute Gasteiger partial charge is 0.270 e. The van der Waals surface area contributed by atoms with Gasteiger partial charge in [0.1, 0.15) is 0 Å². The van der Waals surface area contributed by atoms with Crippen molar-refractivity contribution in [2.75, 3.05) is 0 Å². The normalized spacial score (nSPS) is 7.91. The van der Waals surface area contributed by atoms with E-state index in [2.05, 4.69) is 18.3 Å². The molecule has 0 aliphatic carbocycles. The van der Waals surface area contributed by atoms with Crippen LogP contribution in [0.25, 0.3) is 0 Å². The average molecular weight is 155 g/mol. The van der Waals surface area contributed by atoms with Gasteiger partial charge in [-0.1, -0.05) is 26.0 Å². The molecule has 0 amide bonds. The van der Waals surface area contributed by atoms with Crippen molar-refractivity contribution in [3.8, 4) is 0 Å². The molecule has 0 aliphatic rings. The van der Waals surface area contributed by atoms with E-state index in [4.69, 9.17) is 0 Å². The summed E-state index contributed by atoms with van der Waals surface area (Å²) >= 11 is 0. The van der Waals surface area contributed by atoms with Gasteiger partial charge in [0, 0.05) is 5.70 Å². The lowest BCUT2D eigenvalue weighted by molar-refractivity contribution is 1.30. The summed E-state index contributed by atoms with van der Waals surface area (Å²) in [6, 6.07) is 0. The highest BCUT2D eigenvalue weighted by atomic mass is 14.7. The fourth-order valence-electron chi connectivity index (χ4n) is 0.0913. The van der Waals surface area contributed by atoms with Crippen LogP contribution >= 0.6 is 0 Å². The first kappa shape index (κ1) is 16.6. The van der Waals surface area contributed by atoms with Crippen molar-refractivity contribution < 1.29 is 0 Å². The van der Waals surface area contributed by atoms with E-state index < -0.39 is 0 Å². The molecular weight excluding hydrogens is 134 g/mol. The predicted molar refractivity (Wildman–Crippen MR) is 56.2 cm³/mol. The predicted octanol–water partition coefficient (Wildman–Crippen LogP) is 3.83. The highest BCUT2D eigenvalue weighted by molar-refractivity contribution is 5.27. The zero-order chi connectivity index (χ0) is 9.70. The lowest BCUT2D eigenvalue weighted by atomic mass is 10.5. The molecule has 0 bridgehead atoms. The Balaban J connectivity index is -0.000000109.